The van der Waals surface area contributed by atoms with Crippen molar-refractivity contribution in [3.63, 3.8) is 0 Å². The Labute approximate surface area is 129 Å². The standard InChI is InChI=1S/C17H16N4O/c18-9-14-10-19-11-16(20-14)21-8-7-17(12-21)6-5-13-3-1-2-4-15(13)22-17/h1-4,10-11H,5-8,12H2. The zero-order valence-corrected chi connectivity index (χ0v) is 12.2. The predicted octanol–water partition coefficient (Wildman–Crippen LogP) is 2.32. The highest BCUT2D eigenvalue weighted by Crippen LogP contribution is 2.39. The highest BCUT2D eigenvalue weighted by molar-refractivity contribution is 5.43. The van der Waals surface area contributed by atoms with Crippen LogP contribution in [0.5, 0.6) is 5.75 Å². The van der Waals surface area contributed by atoms with Gasteiger partial charge in [0.2, 0.25) is 0 Å². The number of anilines is 1. The fourth-order valence-electron chi connectivity index (χ4n) is 3.35. The molecule has 1 saturated heterocycles. The Morgan fingerprint density at radius 2 is 2.14 bits per heavy atom. The van der Waals surface area contributed by atoms with Crippen molar-refractivity contribution < 1.29 is 4.74 Å². The van der Waals surface area contributed by atoms with E-state index in [1.807, 2.05) is 12.1 Å². The van der Waals surface area contributed by atoms with E-state index >= 15 is 0 Å². The van der Waals surface area contributed by atoms with Gasteiger partial charge >= 0.3 is 0 Å². The van der Waals surface area contributed by atoms with Crippen molar-refractivity contribution in [2.24, 2.45) is 0 Å². The summed E-state index contributed by atoms with van der Waals surface area (Å²) in [6.07, 6.45) is 6.25. The molecule has 0 N–H and O–H groups in total. The number of aryl methyl sites for hydroxylation is 1. The van der Waals surface area contributed by atoms with Gasteiger partial charge in [0.1, 0.15) is 23.2 Å². The number of hydrogen-bond donors (Lipinski definition) is 0. The second-order valence-electron chi connectivity index (χ2n) is 5.94. The molecule has 1 spiro atoms. The Bertz CT molecular complexity index is 754. The Kier molecular flexibility index (Phi) is 2.97. The van der Waals surface area contributed by atoms with Crippen molar-refractivity contribution in [1.29, 1.82) is 5.26 Å². The molecule has 22 heavy (non-hydrogen) atoms. The van der Waals surface area contributed by atoms with Crippen molar-refractivity contribution in [2.45, 2.75) is 24.9 Å². The number of para-hydroxylation sites is 1. The van der Waals surface area contributed by atoms with Crippen LogP contribution in [0.15, 0.2) is 36.7 Å². The molecule has 0 saturated carbocycles. The average molecular weight is 292 g/mol. The minimum absolute atomic E-state index is 0.140. The van der Waals surface area contributed by atoms with Gasteiger partial charge < -0.3 is 9.64 Å². The van der Waals surface area contributed by atoms with Crippen LogP contribution in [0.25, 0.3) is 0 Å². The van der Waals surface area contributed by atoms with Gasteiger partial charge in [-0.25, -0.2) is 4.98 Å². The van der Waals surface area contributed by atoms with Gasteiger partial charge in [0.05, 0.1) is 18.9 Å². The van der Waals surface area contributed by atoms with Crippen LogP contribution in [0.3, 0.4) is 0 Å². The summed E-state index contributed by atoms with van der Waals surface area (Å²) in [5.74, 6) is 1.77. The molecule has 1 unspecified atom stereocenters. The first-order valence-electron chi connectivity index (χ1n) is 7.52. The van der Waals surface area contributed by atoms with Crippen molar-refractivity contribution in [1.82, 2.24) is 9.97 Å². The van der Waals surface area contributed by atoms with E-state index in [2.05, 4.69) is 33.1 Å². The molecule has 1 fully saturated rings. The van der Waals surface area contributed by atoms with E-state index in [0.717, 1.165) is 43.9 Å². The van der Waals surface area contributed by atoms with Crippen LogP contribution in [-0.2, 0) is 6.42 Å². The van der Waals surface area contributed by atoms with E-state index in [-0.39, 0.29) is 5.60 Å². The van der Waals surface area contributed by atoms with Crippen LogP contribution in [0.2, 0.25) is 0 Å². The molecule has 110 valence electrons. The van der Waals surface area contributed by atoms with E-state index in [0.29, 0.717) is 5.69 Å². The highest BCUT2D eigenvalue weighted by Gasteiger charge is 2.43. The first-order valence-corrected chi connectivity index (χ1v) is 7.52. The molecule has 5 nitrogen and oxygen atoms in total. The number of aromatic nitrogens is 2. The third-order valence-corrected chi connectivity index (χ3v) is 4.53. The number of fused-ring (bicyclic) bond motifs is 1. The van der Waals surface area contributed by atoms with Gasteiger partial charge in [0, 0.05) is 13.0 Å². The first-order chi connectivity index (χ1) is 10.8. The molecule has 2 aromatic rings. The fourth-order valence-corrected chi connectivity index (χ4v) is 3.35. The summed E-state index contributed by atoms with van der Waals surface area (Å²) in [5.41, 5.74) is 1.50. The van der Waals surface area contributed by atoms with E-state index in [1.54, 1.807) is 6.20 Å². The monoisotopic (exact) mass is 292 g/mol. The molecule has 0 radical (unpaired) electrons. The second-order valence-corrected chi connectivity index (χ2v) is 5.94. The van der Waals surface area contributed by atoms with Crippen LogP contribution in [0.4, 0.5) is 5.82 Å². The van der Waals surface area contributed by atoms with Crippen LogP contribution < -0.4 is 9.64 Å². The zero-order chi connectivity index (χ0) is 15.0. The minimum Gasteiger partial charge on any atom is -0.485 e. The predicted molar refractivity (Wildman–Crippen MR) is 81.7 cm³/mol. The summed E-state index contributed by atoms with van der Waals surface area (Å²) in [4.78, 5) is 10.6. The molecule has 2 aliphatic rings. The largest absolute Gasteiger partial charge is 0.485 e. The molecule has 0 amide bonds. The number of ether oxygens (including phenoxy) is 1. The number of hydrogen-bond acceptors (Lipinski definition) is 5. The average Bonchev–Trinajstić information content (AvgIpc) is 2.98. The first kappa shape index (κ1) is 13.1. The molecule has 0 aliphatic carbocycles. The van der Waals surface area contributed by atoms with Gasteiger partial charge in [-0.1, -0.05) is 18.2 Å². The van der Waals surface area contributed by atoms with Crippen molar-refractivity contribution in [3.8, 4) is 11.8 Å². The maximum atomic E-state index is 8.96. The molecule has 3 heterocycles. The summed E-state index contributed by atoms with van der Waals surface area (Å²) >= 11 is 0. The molecule has 5 heteroatoms. The van der Waals surface area contributed by atoms with Crippen LogP contribution >= 0.6 is 0 Å². The number of benzene rings is 1. The normalized spacial score (nSPS) is 23.0. The second kappa shape index (κ2) is 4.99. The zero-order valence-electron chi connectivity index (χ0n) is 12.2. The Morgan fingerprint density at radius 1 is 1.23 bits per heavy atom. The number of nitriles is 1. The molecule has 1 atom stereocenters. The highest BCUT2D eigenvalue weighted by atomic mass is 16.5. The maximum absolute atomic E-state index is 8.96. The third-order valence-electron chi connectivity index (χ3n) is 4.53. The lowest BCUT2D eigenvalue weighted by Gasteiger charge is -2.35. The molecule has 1 aromatic heterocycles. The molecule has 4 rings (SSSR count). The fraction of sp³-hybridized carbons (Fsp3) is 0.353. The van der Waals surface area contributed by atoms with Gasteiger partial charge in [-0.3, -0.25) is 4.98 Å². The number of rotatable bonds is 1. The lowest BCUT2D eigenvalue weighted by molar-refractivity contribution is 0.0682. The van der Waals surface area contributed by atoms with Crippen LogP contribution in [0.1, 0.15) is 24.1 Å². The Morgan fingerprint density at radius 3 is 3.05 bits per heavy atom. The lowest BCUT2D eigenvalue weighted by Crippen LogP contribution is -2.42. The van der Waals surface area contributed by atoms with E-state index in [4.69, 9.17) is 10.00 Å². The topological polar surface area (TPSA) is 62.0 Å². The van der Waals surface area contributed by atoms with Crippen molar-refractivity contribution >= 4 is 5.82 Å². The summed E-state index contributed by atoms with van der Waals surface area (Å²) in [7, 11) is 0. The minimum atomic E-state index is -0.140. The summed E-state index contributed by atoms with van der Waals surface area (Å²) in [6.45, 7) is 1.68. The lowest BCUT2D eigenvalue weighted by atomic mass is 9.90. The van der Waals surface area contributed by atoms with E-state index in [9.17, 15) is 0 Å². The smallest absolute Gasteiger partial charge is 0.161 e. The van der Waals surface area contributed by atoms with Crippen molar-refractivity contribution in [3.05, 3.63) is 47.9 Å². The molecule has 1 aromatic carbocycles. The SMILES string of the molecule is N#Cc1cncc(N2CCC3(CCc4ccccc4O3)C2)n1. The van der Waals surface area contributed by atoms with Crippen molar-refractivity contribution in [2.75, 3.05) is 18.0 Å². The van der Waals surface area contributed by atoms with Gasteiger partial charge in [-0.2, -0.15) is 5.26 Å². The quantitative estimate of drug-likeness (QED) is 0.807. The van der Waals surface area contributed by atoms with E-state index in [1.165, 1.54) is 11.8 Å². The number of nitrogens with zero attached hydrogens (tertiary/aromatic N) is 4. The maximum Gasteiger partial charge on any atom is 0.161 e. The summed E-state index contributed by atoms with van der Waals surface area (Å²) in [5, 5.41) is 8.96. The van der Waals surface area contributed by atoms with E-state index < -0.39 is 0 Å². The van der Waals surface area contributed by atoms with Crippen LogP contribution in [-0.4, -0.2) is 28.7 Å². The molecule has 0 bridgehead atoms. The molecule has 2 aliphatic heterocycles. The van der Waals surface area contributed by atoms with Crippen LogP contribution in [0, 0.1) is 11.3 Å². The third kappa shape index (κ3) is 2.17. The summed E-state index contributed by atoms with van der Waals surface area (Å²) in [6, 6.07) is 10.3. The summed E-state index contributed by atoms with van der Waals surface area (Å²) < 4.78 is 6.33. The van der Waals surface area contributed by atoms with Gasteiger partial charge in [-0.15, -0.1) is 0 Å². The molecular weight excluding hydrogens is 276 g/mol. The molecular formula is C17H16N4O. The Balaban J connectivity index is 1.57. The van der Waals surface area contributed by atoms with Gasteiger partial charge in [0.15, 0.2) is 5.69 Å². The van der Waals surface area contributed by atoms with Gasteiger partial charge in [0.25, 0.3) is 0 Å². The van der Waals surface area contributed by atoms with Gasteiger partial charge in [-0.05, 0) is 24.5 Å². The Hall–Kier alpha value is -2.61.